The Balaban J connectivity index is 2.34. The molecule has 0 fully saturated rings. The molecule has 2 N–H and O–H groups in total. The van der Waals surface area contributed by atoms with Gasteiger partial charge < -0.3 is 10.1 Å². The number of carbonyl (C=O) groups is 3. The second kappa shape index (κ2) is 5.36. The minimum absolute atomic E-state index is 0.101. The zero-order valence-corrected chi connectivity index (χ0v) is 12.5. The molecule has 0 aromatic heterocycles. The molecular formula is C16H14N2O5. The Morgan fingerprint density at radius 1 is 1.26 bits per heavy atom. The van der Waals surface area contributed by atoms with Crippen LogP contribution >= 0.6 is 0 Å². The van der Waals surface area contributed by atoms with Gasteiger partial charge in [0.2, 0.25) is 5.91 Å². The third-order valence-corrected chi connectivity index (χ3v) is 3.81. The summed E-state index contributed by atoms with van der Waals surface area (Å²) in [5.41, 5.74) is 1.07. The number of ether oxygens (including phenoxy) is 1. The van der Waals surface area contributed by atoms with Gasteiger partial charge in [-0.05, 0) is 17.5 Å². The van der Waals surface area contributed by atoms with Gasteiger partial charge in [-0.2, -0.15) is 0 Å². The van der Waals surface area contributed by atoms with Crippen molar-refractivity contribution in [1.29, 1.82) is 0 Å². The number of carbonyl (C=O) groups excluding carboxylic acids is 3. The number of methoxy groups -OCH3 is 1. The molecule has 0 saturated heterocycles. The van der Waals surface area contributed by atoms with Gasteiger partial charge in [-0.3, -0.25) is 19.6 Å². The first-order chi connectivity index (χ1) is 11.0. The molecule has 118 valence electrons. The van der Waals surface area contributed by atoms with E-state index in [1.54, 1.807) is 18.2 Å². The van der Waals surface area contributed by atoms with Crippen molar-refractivity contribution in [1.82, 2.24) is 10.4 Å². The van der Waals surface area contributed by atoms with Crippen molar-refractivity contribution in [3.05, 3.63) is 41.0 Å². The van der Waals surface area contributed by atoms with E-state index in [0.717, 1.165) is 0 Å². The van der Waals surface area contributed by atoms with Crippen LogP contribution in [0.4, 0.5) is 0 Å². The minimum atomic E-state index is -0.803. The highest BCUT2D eigenvalue weighted by atomic mass is 16.5. The Morgan fingerprint density at radius 3 is 2.61 bits per heavy atom. The predicted octanol–water partition coefficient (Wildman–Crippen LogP) is 1.47. The van der Waals surface area contributed by atoms with Crippen LogP contribution in [0.25, 0.3) is 10.8 Å². The Kier molecular flexibility index (Phi) is 3.49. The maximum atomic E-state index is 12.2. The monoisotopic (exact) mass is 314 g/mol. The summed E-state index contributed by atoms with van der Waals surface area (Å²) in [6, 6.07) is 6.41. The topological polar surface area (TPSA) is 95.9 Å². The first kappa shape index (κ1) is 15.0. The normalized spacial score (nSPS) is 13.4. The van der Waals surface area contributed by atoms with Crippen molar-refractivity contribution in [2.45, 2.75) is 13.5 Å². The smallest absolute Gasteiger partial charge is 0.285 e. The number of benzene rings is 2. The van der Waals surface area contributed by atoms with Gasteiger partial charge in [0.15, 0.2) is 0 Å². The Hall–Kier alpha value is -2.93. The second-order valence-corrected chi connectivity index (χ2v) is 5.16. The van der Waals surface area contributed by atoms with Crippen LogP contribution in [0.15, 0.2) is 24.3 Å². The molecule has 0 unspecified atom stereocenters. The highest BCUT2D eigenvalue weighted by molar-refractivity contribution is 6.25. The van der Waals surface area contributed by atoms with Crippen LogP contribution in [0, 0.1) is 0 Å². The van der Waals surface area contributed by atoms with Gasteiger partial charge in [0.25, 0.3) is 11.8 Å². The molecule has 0 aliphatic carbocycles. The van der Waals surface area contributed by atoms with Crippen LogP contribution in [0.1, 0.15) is 33.2 Å². The zero-order valence-electron chi connectivity index (χ0n) is 12.5. The molecule has 1 aliphatic heterocycles. The van der Waals surface area contributed by atoms with E-state index < -0.39 is 11.8 Å². The van der Waals surface area contributed by atoms with E-state index in [1.165, 1.54) is 20.1 Å². The molecule has 7 nitrogen and oxygen atoms in total. The van der Waals surface area contributed by atoms with Crippen LogP contribution in [0.5, 0.6) is 5.75 Å². The Bertz CT molecular complexity index is 859. The average Bonchev–Trinajstić information content (AvgIpc) is 2.55. The van der Waals surface area contributed by atoms with E-state index in [1.807, 2.05) is 0 Å². The van der Waals surface area contributed by atoms with Crippen LogP contribution in [-0.4, -0.2) is 35.1 Å². The minimum Gasteiger partial charge on any atom is -0.496 e. The van der Waals surface area contributed by atoms with Crippen molar-refractivity contribution < 1.29 is 24.3 Å². The largest absolute Gasteiger partial charge is 0.496 e. The lowest BCUT2D eigenvalue weighted by atomic mass is 9.91. The maximum Gasteiger partial charge on any atom is 0.285 e. The standard InChI is InChI=1S/C16H14N2O5/c1-8(19)17-7-12-9-4-3-5-10-14(9)11(6-13(12)23-2)16(21)18(22)15(10)20/h3-6,22H,7H2,1-2H3,(H,17,19). The summed E-state index contributed by atoms with van der Waals surface area (Å²) in [6.07, 6.45) is 0. The fraction of sp³-hybridized carbons (Fsp3) is 0.188. The summed E-state index contributed by atoms with van der Waals surface area (Å²) < 4.78 is 5.31. The number of imide groups is 1. The van der Waals surface area contributed by atoms with Crippen molar-refractivity contribution in [2.75, 3.05) is 7.11 Å². The molecule has 7 heteroatoms. The van der Waals surface area contributed by atoms with E-state index in [4.69, 9.17) is 4.74 Å². The van der Waals surface area contributed by atoms with E-state index >= 15 is 0 Å². The van der Waals surface area contributed by atoms with Gasteiger partial charge in [0, 0.05) is 24.4 Å². The Labute approximate surface area is 131 Å². The number of hydrogen-bond acceptors (Lipinski definition) is 5. The molecule has 2 aromatic carbocycles. The van der Waals surface area contributed by atoms with E-state index in [0.29, 0.717) is 22.1 Å². The molecule has 3 amide bonds. The summed E-state index contributed by atoms with van der Waals surface area (Å²) in [6.45, 7) is 1.60. The van der Waals surface area contributed by atoms with Crippen molar-refractivity contribution in [2.24, 2.45) is 0 Å². The molecule has 0 saturated carbocycles. The summed E-state index contributed by atoms with van der Waals surface area (Å²) in [5.74, 6) is -1.39. The SMILES string of the molecule is COc1cc2c3c(cccc3c1CNC(C)=O)C(=O)N(O)C2=O. The number of nitrogens with one attached hydrogen (secondary N) is 1. The number of rotatable bonds is 3. The number of hydroxylamine groups is 2. The third-order valence-electron chi connectivity index (χ3n) is 3.81. The molecule has 0 radical (unpaired) electrons. The van der Waals surface area contributed by atoms with E-state index in [2.05, 4.69) is 5.32 Å². The van der Waals surface area contributed by atoms with Crippen LogP contribution in [0.2, 0.25) is 0 Å². The van der Waals surface area contributed by atoms with E-state index in [-0.39, 0.29) is 28.6 Å². The van der Waals surface area contributed by atoms with Gasteiger partial charge in [0.1, 0.15) is 5.75 Å². The molecule has 0 atom stereocenters. The molecule has 0 spiro atoms. The van der Waals surface area contributed by atoms with Gasteiger partial charge >= 0.3 is 0 Å². The molecule has 1 aliphatic rings. The number of nitrogens with zero attached hydrogens (tertiary/aromatic N) is 1. The van der Waals surface area contributed by atoms with Crippen LogP contribution in [-0.2, 0) is 11.3 Å². The predicted molar refractivity (Wildman–Crippen MR) is 80.3 cm³/mol. The average molecular weight is 314 g/mol. The van der Waals surface area contributed by atoms with Gasteiger partial charge in [0.05, 0.1) is 18.2 Å². The molecule has 3 rings (SSSR count). The number of amides is 3. The molecule has 2 aromatic rings. The van der Waals surface area contributed by atoms with Crippen molar-refractivity contribution in [3.63, 3.8) is 0 Å². The fourth-order valence-corrected chi connectivity index (χ4v) is 2.76. The zero-order chi connectivity index (χ0) is 16.7. The van der Waals surface area contributed by atoms with Crippen molar-refractivity contribution in [3.8, 4) is 5.75 Å². The van der Waals surface area contributed by atoms with E-state index in [9.17, 15) is 19.6 Å². The van der Waals surface area contributed by atoms with Crippen molar-refractivity contribution >= 4 is 28.5 Å². The molecule has 23 heavy (non-hydrogen) atoms. The first-order valence-electron chi connectivity index (χ1n) is 6.90. The maximum absolute atomic E-state index is 12.2. The Morgan fingerprint density at radius 2 is 1.96 bits per heavy atom. The van der Waals surface area contributed by atoms with Gasteiger partial charge in [-0.1, -0.05) is 12.1 Å². The molecule has 0 bridgehead atoms. The van der Waals surface area contributed by atoms with Crippen LogP contribution in [0.3, 0.4) is 0 Å². The summed E-state index contributed by atoms with van der Waals surface area (Å²) in [4.78, 5) is 35.5. The quantitative estimate of drug-likeness (QED) is 0.660. The molecule has 1 heterocycles. The van der Waals surface area contributed by atoms with Gasteiger partial charge in [-0.15, -0.1) is 5.06 Å². The highest BCUT2D eigenvalue weighted by Crippen LogP contribution is 2.36. The van der Waals surface area contributed by atoms with Crippen LogP contribution < -0.4 is 10.1 Å². The number of hydrogen-bond donors (Lipinski definition) is 2. The lowest BCUT2D eigenvalue weighted by Crippen LogP contribution is -2.37. The summed E-state index contributed by atoms with van der Waals surface area (Å²) in [5, 5.41) is 13.6. The highest BCUT2D eigenvalue weighted by Gasteiger charge is 2.33. The van der Waals surface area contributed by atoms with Gasteiger partial charge in [-0.25, -0.2) is 0 Å². The second-order valence-electron chi connectivity index (χ2n) is 5.16. The molecular weight excluding hydrogens is 300 g/mol. The lowest BCUT2D eigenvalue weighted by Gasteiger charge is -2.24. The summed E-state index contributed by atoms with van der Waals surface area (Å²) in [7, 11) is 1.45. The third kappa shape index (κ3) is 2.22. The fourth-order valence-electron chi connectivity index (χ4n) is 2.76. The lowest BCUT2D eigenvalue weighted by molar-refractivity contribution is -0.119. The first-order valence-corrected chi connectivity index (χ1v) is 6.90. The summed E-state index contributed by atoms with van der Waals surface area (Å²) >= 11 is 0.